The number of halogens is 4. The van der Waals surface area contributed by atoms with Crippen LogP contribution in [0.3, 0.4) is 0 Å². The molecular formula is C17H18F4N4O6S. The Morgan fingerprint density at radius 2 is 2.03 bits per heavy atom. The van der Waals surface area contributed by atoms with Crippen LogP contribution >= 0.6 is 11.8 Å². The van der Waals surface area contributed by atoms with Crippen LogP contribution in [0.5, 0.6) is 0 Å². The molecule has 0 aromatic heterocycles. The van der Waals surface area contributed by atoms with Crippen LogP contribution < -0.4 is 16.1 Å². The molecule has 2 aliphatic rings. The molecular weight excluding hydrogens is 464 g/mol. The van der Waals surface area contributed by atoms with Crippen molar-refractivity contribution < 1.29 is 46.9 Å². The zero-order valence-electron chi connectivity index (χ0n) is 16.1. The van der Waals surface area contributed by atoms with E-state index in [2.05, 4.69) is 10.5 Å². The minimum atomic E-state index is -5.08. The molecule has 0 spiro atoms. The highest BCUT2D eigenvalue weighted by Gasteiger charge is 2.38. The van der Waals surface area contributed by atoms with Crippen molar-refractivity contribution in [3.8, 4) is 0 Å². The fourth-order valence-corrected chi connectivity index (χ4v) is 3.57. The number of rotatable bonds is 5. The average Bonchev–Trinajstić information content (AvgIpc) is 3.10. The van der Waals surface area contributed by atoms with Crippen LogP contribution in [0, 0.1) is 5.82 Å². The zero-order chi connectivity index (χ0) is 24.1. The number of cyclic esters (lactones) is 1. The Morgan fingerprint density at radius 1 is 1.38 bits per heavy atom. The molecule has 2 heterocycles. The first-order valence-corrected chi connectivity index (χ1v) is 9.79. The molecule has 176 valence electrons. The van der Waals surface area contributed by atoms with Gasteiger partial charge in [-0.3, -0.25) is 9.69 Å². The van der Waals surface area contributed by atoms with E-state index >= 15 is 0 Å². The van der Waals surface area contributed by atoms with Gasteiger partial charge in [-0.15, -0.1) is 0 Å². The lowest BCUT2D eigenvalue weighted by Gasteiger charge is -2.21. The molecule has 1 aromatic rings. The summed E-state index contributed by atoms with van der Waals surface area (Å²) in [5, 5.41) is 19.8. The third-order valence-electron chi connectivity index (χ3n) is 4.08. The molecule has 2 amide bonds. The number of amides is 2. The van der Waals surface area contributed by atoms with Gasteiger partial charge in [0.15, 0.2) is 0 Å². The first kappa shape index (κ1) is 25.4. The molecule has 3 rings (SSSR count). The van der Waals surface area contributed by atoms with Gasteiger partial charge in [-0.25, -0.2) is 19.4 Å². The maximum Gasteiger partial charge on any atom is 0.490 e. The molecule has 15 heteroatoms. The van der Waals surface area contributed by atoms with E-state index in [1.54, 1.807) is 6.07 Å². The number of ether oxygens (including phenoxy) is 1. The van der Waals surface area contributed by atoms with Crippen molar-refractivity contribution in [2.45, 2.75) is 24.0 Å². The number of benzene rings is 1. The van der Waals surface area contributed by atoms with E-state index in [4.69, 9.17) is 25.5 Å². The molecule has 0 radical (unpaired) electrons. The summed E-state index contributed by atoms with van der Waals surface area (Å²) < 4.78 is 51.3. The second kappa shape index (κ2) is 10.6. The summed E-state index contributed by atoms with van der Waals surface area (Å²) in [6.45, 7) is 0.305. The summed E-state index contributed by atoms with van der Waals surface area (Å²) >= 11 is 1.09. The van der Waals surface area contributed by atoms with Gasteiger partial charge < -0.3 is 20.7 Å². The monoisotopic (exact) mass is 482 g/mol. The van der Waals surface area contributed by atoms with Gasteiger partial charge in [0.2, 0.25) is 0 Å². The predicted octanol–water partition coefficient (Wildman–Crippen LogP) is 1.02. The lowest BCUT2D eigenvalue weighted by Crippen LogP contribution is -2.35. The van der Waals surface area contributed by atoms with Gasteiger partial charge >= 0.3 is 18.2 Å². The van der Waals surface area contributed by atoms with Crippen LogP contribution in [0.4, 0.5) is 28.0 Å². The summed E-state index contributed by atoms with van der Waals surface area (Å²) in [6.07, 6.45) is -5.82. The van der Waals surface area contributed by atoms with Gasteiger partial charge in [0.25, 0.3) is 5.91 Å². The molecule has 1 fully saturated rings. The van der Waals surface area contributed by atoms with Crippen molar-refractivity contribution in [2.24, 2.45) is 10.8 Å². The Labute approximate surface area is 182 Å². The fraction of sp³-hybridized carbons (Fsp3) is 0.412. The number of aliphatic carboxylic acids is 1. The van der Waals surface area contributed by atoms with E-state index in [0.29, 0.717) is 10.7 Å². The molecule has 0 bridgehead atoms. The maximum atomic E-state index is 14.5. The number of aliphatic hydroxyl groups is 1. The van der Waals surface area contributed by atoms with E-state index in [-0.39, 0.29) is 37.6 Å². The lowest BCUT2D eigenvalue weighted by molar-refractivity contribution is -0.192. The molecule has 2 aliphatic heterocycles. The van der Waals surface area contributed by atoms with E-state index in [1.807, 2.05) is 0 Å². The second-order valence-electron chi connectivity index (χ2n) is 6.33. The highest BCUT2D eigenvalue weighted by atomic mass is 32.2. The highest BCUT2D eigenvalue weighted by molar-refractivity contribution is 8.15. The van der Waals surface area contributed by atoms with Gasteiger partial charge in [0, 0.05) is 18.7 Å². The summed E-state index contributed by atoms with van der Waals surface area (Å²) in [4.78, 5) is 33.7. The van der Waals surface area contributed by atoms with Crippen LogP contribution in [0.25, 0.3) is 0 Å². The van der Waals surface area contributed by atoms with E-state index < -0.39 is 35.4 Å². The summed E-state index contributed by atoms with van der Waals surface area (Å²) in [6, 6.07) is 4.29. The number of nitrogens with one attached hydrogen (secondary N) is 1. The Morgan fingerprint density at radius 3 is 2.53 bits per heavy atom. The topological polar surface area (TPSA) is 155 Å². The van der Waals surface area contributed by atoms with E-state index in [0.717, 1.165) is 11.8 Å². The summed E-state index contributed by atoms with van der Waals surface area (Å²) in [5.41, 5.74) is 8.39. The smallest absolute Gasteiger partial charge is 0.475 e. The summed E-state index contributed by atoms with van der Waals surface area (Å²) in [5.74, 6) is -3.66. The number of thioether (sulfide) groups is 1. The molecule has 32 heavy (non-hydrogen) atoms. The standard InChI is InChI=1S/C15H17FN4O4S.C2HF3O2/c16-11-5-8(20-7-9(6-17)24-15(20)23)1-2-10(11)14-19-18-13(22)12(25-14)3-4-21;3-2(4,5)1(6)7/h1-2,5,9,12,21H,3-4,6-7,17H2,(H,18,22);(H,6,7)/t9-,12?;/m0./s1. The zero-order valence-corrected chi connectivity index (χ0v) is 17.0. The van der Waals surface area contributed by atoms with Crippen molar-refractivity contribution in [1.82, 2.24) is 5.43 Å². The normalized spacial score (nSPS) is 20.7. The van der Waals surface area contributed by atoms with E-state index in [9.17, 15) is 27.2 Å². The third kappa shape index (κ3) is 6.30. The number of carbonyl (C=O) groups excluding carboxylic acids is 2. The number of aliphatic hydroxyl groups excluding tert-OH is 1. The molecule has 1 unspecified atom stereocenters. The Balaban J connectivity index is 0.000000451. The van der Waals surface area contributed by atoms with Crippen molar-refractivity contribution in [2.75, 3.05) is 24.6 Å². The van der Waals surface area contributed by atoms with Crippen LogP contribution in [0.2, 0.25) is 0 Å². The van der Waals surface area contributed by atoms with Gasteiger partial charge in [-0.2, -0.15) is 18.3 Å². The number of alkyl halides is 3. The largest absolute Gasteiger partial charge is 0.490 e. The Hall–Kier alpha value is -2.91. The molecule has 5 N–H and O–H groups in total. The number of hydrogen-bond acceptors (Lipinski definition) is 8. The third-order valence-corrected chi connectivity index (χ3v) is 5.35. The quantitative estimate of drug-likeness (QED) is 0.454. The first-order valence-electron chi connectivity index (χ1n) is 8.91. The fourth-order valence-electron chi connectivity index (χ4n) is 2.52. The van der Waals surface area contributed by atoms with Crippen molar-refractivity contribution in [3.05, 3.63) is 29.6 Å². The SMILES string of the molecule is NC[C@H]1CN(c2ccc(C3=NNC(=O)C(CCO)S3)c(F)c2)C(=O)O1.O=C(O)C(F)(F)F. The minimum absolute atomic E-state index is 0.154. The van der Waals surface area contributed by atoms with E-state index in [1.165, 1.54) is 17.0 Å². The van der Waals surface area contributed by atoms with Gasteiger partial charge in [-0.1, -0.05) is 11.8 Å². The number of hydrazone groups is 1. The Bertz CT molecular complexity index is 914. The molecule has 2 atom stereocenters. The molecule has 0 aliphatic carbocycles. The van der Waals surface area contributed by atoms with Crippen LogP contribution in [0.1, 0.15) is 12.0 Å². The minimum Gasteiger partial charge on any atom is -0.475 e. The summed E-state index contributed by atoms with van der Waals surface area (Å²) in [7, 11) is 0. The first-order chi connectivity index (χ1) is 15.0. The second-order valence-corrected chi connectivity index (χ2v) is 7.52. The van der Waals surface area contributed by atoms with Crippen LogP contribution in [-0.2, 0) is 14.3 Å². The van der Waals surface area contributed by atoms with Gasteiger partial charge in [0.1, 0.15) is 17.0 Å². The van der Waals surface area contributed by atoms with Gasteiger partial charge in [-0.05, 0) is 24.6 Å². The number of carbonyl (C=O) groups is 3. The van der Waals surface area contributed by atoms with Crippen LogP contribution in [0.15, 0.2) is 23.3 Å². The molecule has 1 saturated heterocycles. The van der Waals surface area contributed by atoms with Crippen molar-refractivity contribution in [1.29, 1.82) is 0 Å². The molecule has 10 nitrogen and oxygen atoms in total. The number of nitrogens with two attached hydrogens (primary N) is 1. The van der Waals surface area contributed by atoms with Crippen molar-refractivity contribution >= 4 is 40.5 Å². The highest BCUT2D eigenvalue weighted by Crippen LogP contribution is 2.29. The predicted molar refractivity (Wildman–Crippen MR) is 105 cm³/mol. The number of carboxylic acids is 1. The Kier molecular flexibility index (Phi) is 8.40. The van der Waals surface area contributed by atoms with Crippen molar-refractivity contribution in [3.63, 3.8) is 0 Å². The maximum absolute atomic E-state index is 14.5. The molecule has 1 aromatic carbocycles. The van der Waals surface area contributed by atoms with Crippen LogP contribution in [-0.4, -0.2) is 70.5 Å². The lowest BCUT2D eigenvalue weighted by atomic mass is 10.2. The number of anilines is 1. The van der Waals surface area contributed by atoms with Gasteiger partial charge in [0.05, 0.1) is 17.5 Å². The number of nitrogens with zero attached hydrogens (tertiary/aromatic N) is 2. The average molecular weight is 482 g/mol. The molecule has 0 saturated carbocycles. The number of hydrogen-bond donors (Lipinski definition) is 4. The number of carboxylic acid groups (broad SMARTS) is 1.